The number of ether oxygens (including phenoxy) is 2. The zero-order chi connectivity index (χ0) is 19.0. The molecular formula is C21H16O5S. The van der Waals surface area contributed by atoms with Crippen LogP contribution in [0.4, 0.5) is 0 Å². The number of carbonyl (C=O) groups is 2. The second-order valence-electron chi connectivity index (χ2n) is 6.18. The van der Waals surface area contributed by atoms with Crippen molar-refractivity contribution in [3.63, 3.8) is 0 Å². The third kappa shape index (κ3) is 3.44. The van der Waals surface area contributed by atoms with E-state index in [1.807, 2.05) is 30.5 Å². The topological polar surface area (TPSA) is 65.7 Å². The highest BCUT2D eigenvalue weighted by Crippen LogP contribution is 2.39. The number of thiophene rings is 1. The largest absolute Gasteiger partial charge is 0.462 e. The zero-order valence-electron chi connectivity index (χ0n) is 14.8. The Morgan fingerprint density at radius 3 is 2.74 bits per heavy atom. The van der Waals surface area contributed by atoms with Crippen LogP contribution in [0.25, 0.3) is 6.08 Å². The monoisotopic (exact) mass is 380 g/mol. The van der Waals surface area contributed by atoms with Gasteiger partial charge in [0.2, 0.25) is 5.78 Å². The van der Waals surface area contributed by atoms with Gasteiger partial charge in [-0.2, -0.15) is 0 Å². The van der Waals surface area contributed by atoms with Crippen molar-refractivity contribution in [3.8, 4) is 11.5 Å². The summed E-state index contributed by atoms with van der Waals surface area (Å²) in [5, 5.41) is 1.91. The van der Waals surface area contributed by atoms with Crippen LogP contribution in [0, 0.1) is 13.8 Å². The van der Waals surface area contributed by atoms with E-state index in [1.54, 1.807) is 31.2 Å². The van der Waals surface area contributed by atoms with E-state index >= 15 is 0 Å². The van der Waals surface area contributed by atoms with Gasteiger partial charge in [0.25, 0.3) is 0 Å². The van der Waals surface area contributed by atoms with Crippen molar-refractivity contribution in [1.29, 1.82) is 0 Å². The summed E-state index contributed by atoms with van der Waals surface area (Å²) in [6, 6.07) is 10.6. The summed E-state index contributed by atoms with van der Waals surface area (Å²) in [6.45, 7) is 3.59. The Bertz CT molecular complexity index is 1060. The van der Waals surface area contributed by atoms with Crippen molar-refractivity contribution in [2.24, 2.45) is 0 Å². The maximum Gasteiger partial charge on any atom is 0.316 e. The lowest BCUT2D eigenvalue weighted by atomic mass is 10.1. The van der Waals surface area contributed by atoms with Crippen molar-refractivity contribution in [3.05, 3.63) is 75.1 Å². The normalized spacial score (nSPS) is 14.3. The van der Waals surface area contributed by atoms with Crippen molar-refractivity contribution in [1.82, 2.24) is 0 Å². The van der Waals surface area contributed by atoms with Gasteiger partial charge >= 0.3 is 5.97 Å². The minimum atomic E-state index is -0.355. The van der Waals surface area contributed by atoms with Crippen molar-refractivity contribution in [2.45, 2.75) is 20.3 Å². The Morgan fingerprint density at radius 1 is 1.19 bits per heavy atom. The van der Waals surface area contributed by atoms with Gasteiger partial charge in [-0.3, -0.25) is 9.59 Å². The van der Waals surface area contributed by atoms with Gasteiger partial charge in [-0.1, -0.05) is 6.07 Å². The van der Waals surface area contributed by atoms with Crippen LogP contribution in [0.3, 0.4) is 0 Å². The Hall–Kier alpha value is -3.12. The molecule has 1 aromatic carbocycles. The quantitative estimate of drug-likeness (QED) is 0.372. The molecule has 6 heteroatoms. The summed E-state index contributed by atoms with van der Waals surface area (Å²) in [5.74, 6) is 1.70. The fourth-order valence-corrected chi connectivity index (χ4v) is 3.54. The molecule has 0 spiro atoms. The van der Waals surface area contributed by atoms with Gasteiger partial charge in [0, 0.05) is 16.5 Å². The van der Waals surface area contributed by atoms with E-state index in [1.165, 1.54) is 11.3 Å². The Balaban J connectivity index is 1.56. The Labute approximate surface area is 159 Å². The minimum Gasteiger partial charge on any atom is -0.462 e. The van der Waals surface area contributed by atoms with E-state index in [9.17, 15) is 9.59 Å². The average Bonchev–Trinajstić information content (AvgIpc) is 3.34. The van der Waals surface area contributed by atoms with E-state index < -0.39 is 0 Å². The smallest absolute Gasteiger partial charge is 0.316 e. The second-order valence-corrected chi connectivity index (χ2v) is 7.22. The minimum absolute atomic E-state index is 0.185. The molecule has 0 atom stereocenters. The number of furan rings is 1. The van der Waals surface area contributed by atoms with Gasteiger partial charge < -0.3 is 13.9 Å². The SMILES string of the molecule is Cc1ccc(/C=C2\Oc3c(ccc(OC(=O)Cc4cccs4)c3C)C2=O)o1. The molecule has 4 rings (SSSR count). The molecule has 3 heterocycles. The second kappa shape index (κ2) is 6.89. The maximum atomic E-state index is 12.6. The standard InChI is InChI=1S/C21H16O5S/c1-12-5-6-14(24-12)10-18-20(23)16-7-8-17(13(2)21(16)26-18)25-19(22)11-15-4-3-9-27-15/h3-10H,11H2,1-2H3/b18-10-. The fraction of sp³-hybridized carbons (Fsp3) is 0.143. The molecular weight excluding hydrogens is 364 g/mol. The molecule has 2 aromatic heterocycles. The van der Waals surface area contributed by atoms with Crippen molar-refractivity contribution >= 4 is 29.2 Å². The van der Waals surface area contributed by atoms with Crippen LogP contribution in [0.1, 0.15) is 32.3 Å². The molecule has 1 aliphatic rings. The predicted octanol–water partition coefficient (Wildman–Crippen LogP) is 4.72. The number of benzene rings is 1. The molecule has 0 radical (unpaired) electrons. The van der Waals surface area contributed by atoms with Crippen LogP contribution in [-0.2, 0) is 11.2 Å². The third-order valence-electron chi connectivity index (χ3n) is 4.19. The number of carbonyl (C=O) groups excluding carboxylic acids is 2. The summed E-state index contributed by atoms with van der Waals surface area (Å²) in [6.07, 6.45) is 1.77. The molecule has 0 amide bonds. The molecule has 0 unspecified atom stereocenters. The first kappa shape index (κ1) is 17.3. The molecule has 136 valence electrons. The van der Waals surface area contributed by atoms with E-state index in [-0.39, 0.29) is 23.9 Å². The van der Waals surface area contributed by atoms with Gasteiger partial charge in [-0.25, -0.2) is 0 Å². The molecule has 0 N–H and O–H groups in total. The average molecular weight is 380 g/mol. The molecule has 0 saturated heterocycles. The number of hydrogen-bond acceptors (Lipinski definition) is 6. The van der Waals surface area contributed by atoms with Crippen LogP contribution < -0.4 is 9.47 Å². The Morgan fingerprint density at radius 2 is 2.04 bits per heavy atom. The number of hydrogen-bond donors (Lipinski definition) is 0. The summed E-state index contributed by atoms with van der Waals surface area (Å²) >= 11 is 1.50. The molecule has 0 bridgehead atoms. The van der Waals surface area contributed by atoms with Gasteiger partial charge in [0.15, 0.2) is 5.76 Å². The summed E-state index contributed by atoms with van der Waals surface area (Å²) in [7, 11) is 0. The lowest BCUT2D eigenvalue weighted by molar-refractivity contribution is -0.133. The first-order chi connectivity index (χ1) is 13.0. The summed E-state index contributed by atoms with van der Waals surface area (Å²) < 4.78 is 16.7. The first-order valence-electron chi connectivity index (χ1n) is 8.38. The number of ketones is 1. The molecule has 0 saturated carbocycles. The number of rotatable bonds is 4. The molecule has 1 aliphatic heterocycles. The summed E-state index contributed by atoms with van der Waals surface area (Å²) in [5.41, 5.74) is 1.06. The van der Waals surface area contributed by atoms with Crippen LogP contribution in [0.5, 0.6) is 11.5 Å². The molecule has 3 aromatic rings. The number of fused-ring (bicyclic) bond motifs is 1. The Kier molecular flexibility index (Phi) is 4.41. The van der Waals surface area contributed by atoms with Gasteiger partial charge in [-0.15, -0.1) is 11.3 Å². The third-order valence-corrected chi connectivity index (χ3v) is 5.07. The van der Waals surface area contributed by atoms with Crippen molar-refractivity contribution in [2.75, 3.05) is 0 Å². The van der Waals surface area contributed by atoms with E-state index in [0.717, 1.165) is 10.6 Å². The number of Topliss-reactive ketones (excluding diaryl/α,β-unsaturated/α-hetero) is 1. The van der Waals surface area contributed by atoms with E-state index in [4.69, 9.17) is 13.9 Å². The van der Waals surface area contributed by atoms with Crippen LogP contribution >= 0.6 is 11.3 Å². The van der Waals surface area contributed by atoms with Gasteiger partial charge in [0.05, 0.1) is 12.0 Å². The van der Waals surface area contributed by atoms with Gasteiger partial charge in [0.1, 0.15) is 23.0 Å². The highest BCUT2D eigenvalue weighted by Gasteiger charge is 2.30. The first-order valence-corrected chi connectivity index (χ1v) is 9.26. The zero-order valence-corrected chi connectivity index (χ0v) is 15.6. The lowest BCUT2D eigenvalue weighted by Crippen LogP contribution is -2.11. The molecule has 5 nitrogen and oxygen atoms in total. The van der Waals surface area contributed by atoms with E-state index in [0.29, 0.717) is 28.4 Å². The molecule has 27 heavy (non-hydrogen) atoms. The number of aryl methyl sites for hydroxylation is 1. The highest BCUT2D eigenvalue weighted by molar-refractivity contribution is 7.10. The maximum absolute atomic E-state index is 12.6. The fourth-order valence-electron chi connectivity index (χ4n) is 2.85. The molecule has 0 aliphatic carbocycles. The number of allylic oxidation sites excluding steroid dienone is 1. The predicted molar refractivity (Wildman–Crippen MR) is 101 cm³/mol. The van der Waals surface area contributed by atoms with Crippen LogP contribution in [-0.4, -0.2) is 11.8 Å². The number of esters is 1. The van der Waals surface area contributed by atoms with Crippen LogP contribution in [0.2, 0.25) is 0 Å². The van der Waals surface area contributed by atoms with Crippen molar-refractivity contribution < 1.29 is 23.5 Å². The summed E-state index contributed by atoms with van der Waals surface area (Å²) in [4.78, 5) is 25.7. The molecule has 0 fully saturated rings. The van der Waals surface area contributed by atoms with Crippen LogP contribution in [0.15, 0.2) is 52.0 Å². The highest BCUT2D eigenvalue weighted by atomic mass is 32.1. The van der Waals surface area contributed by atoms with E-state index in [2.05, 4.69) is 0 Å². The lowest BCUT2D eigenvalue weighted by Gasteiger charge is -2.09. The van der Waals surface area contributed by atoms with Gasteiger partial charge in [-0.05, 0) is 49.6 Å².